The van der Waals surface area contributed by atoms with Crippen LogP contribution in [0.5, 0.6) is 0 Å². The Labute approximate surface area is 138 Å². The van der Waals surface area contributed by atoms with Gasteiger partial charge >= 0.3 is 0 Å². The second-order valence-electron chi connectivity index (χ2n) is 6.36. The highest BCUT2D eigenvalue weighted by atomic mass is 16.2. The number of hydrogen-bond donors (Lipinski definition) is 2. The number of carbonyl (C=O) groups excluding carboxylic acids is 4. The minimum absolute atomic E-state index is 0.131. The number of hydrogen-bond acceptors (Lipinski definition) is 5. The lowest BCUT2D eigenvalue weighted by Gasteiger charge is -2.27. The fraction of sp³-hybridized carbons (Fsp3) is 0.412. The summed E-state index contributed by atoms with van der Waals surface area (Å²) in [6.07, 6.45) is 1.93. The third-order valence-electron chi connectivity index (χ3n) is 4.90. The summed E-state index contributed by atoms with van der Waals surface area (Å²) in [6.45, 7) is 1.68. The Morgan fingerprint density at radius 2 is 1.46 bits per heavy atom. The zero-order valence-electron chi connectivity index (χ0n) is 13.1. The summed E-state index contributed by atoms with van der Waals surface area (Å²) in [6, 6.07) is 2.68. The van der Waals surface area contributed by atoms with Crippen LogP contribution in [0.1, 0.15) is 44.7 Å². The molecule has 7 nitrogen and oxygen atoms in total. The van der Waals surface area contributed by atoms with Crippen LogP contribution >= 0.6 is 0 Å². The van der Waals surface area contributed by atoms with Gasteiger partial charge in [0.15, 0.2) is 0 Å². The molecule has 0 unspecified atom stereocenters. The quantitative estimate of drug-likeness (QED) is 0.695. The van der Waals surface area contributed by atoms with E-state index in [-0.39, 0.29) is 18.7 Å². The van der Waals surface area contributed by atoms with Gasteiger partial charge in [-0.25, -0.2) is 0 Å². The summed E-state index contributed by atoms with van der Waals surface area (Å²) in [5, 5.41) is 5.50. The molecular weight excluding hydrogens is 310 g/mol. The Kier molecular flexibility index (Phi) is 3.45. The highest BCUT2D eigenvalue weighted by Gasteiger charge is 2.44. The fourth-order valence-corrected chi connectivity index (χ4v) is 3.64. The van der Waals surface area contributed by atoms with Crippen LogP contribution < -0.4 is 10.6 Å². The molecule has 3 heterocycles. The van der Waals surface area contributed by atoms with E-state index < -0.39 is 23.8 Å². The Morgan fingerprint density at radius 3 is 2.00 bits per heavy atom. The highest BCUT2D eigenvalue weighted by molar-refractivity contribution is 6.23. The first-order chi connectivity index (χ1) is 11.6. The maximum atomic E-state index is 12.7. The molecule has 3 aliphatic rings. The Morgan fingerprint density at radius 1 is 0.875 bits per heavy atom. The number of piperidine rings is 1. The van der Waals surface area contributed by atoms with Crippen LogP contribution in [0.15, 0.2) is 12.1 Å². The number of rotatable bonds is 1. The number of benzene rings is 1. The van der Waals surface area contributed by atoms with Gasteiger partial charge in [0.1, 0.15) is 6.04 Å². The van der Waals surface area contributed by atoms with Gasteiger partial charge in [-0.3, -0.25) is 29.4 Å². The van der Waals surface area contributed by atoms with Gasteiger partial charge in [-0.05, 0) is 55.6 Å². The van der Waals surface area contributed by atoms with Crippen LogP contribution in [0.25, 0.3) is 0 Å². The number of nitrogens with zero attached hydrogens (tertiary/aromatic N) is 1. The number of imide groups is 2. The first-order valence-corrected chi connectivity index (χ1v) is 8.14. The van der Waals surface area contributed by atoms with Crippen LogP contribution in [0.2, 0.25) is 0 Å². The first kappa shape index (κ1) is 15.0. The molecule has 1 atom stereocenters. The third kappa shape index (κ3) is 2.24. The van der Waals surface area contributed by atoms with Crippen LogP contribution in [0, 0.1) is 0 Å². The van der Waals surface area contributed by atoms with Crippen molar-refractivity contribution in [2.24, 2.45) is 0 Å². The normalized spacial score (nSPS) is 23.7. The van der Waals surface area contributed by atoms with Crippen molar-refractivity contribution in [3.05, 3.63) is 34.4 Å². The zero-order valence-corrected chi connectivity index (χ0v) is 13.1. The second-order valence-corrected chi connectivity index (χ2v) is 6.36. The van der Waals surface area contributed by atoms with E-state index in [0.29, 0.717) is 11.1 Å². The molecule has 0 radical (unpaired) electrons. The molecule has 1 saturated heterocycles. The van der Waals surface area contributed by atoms with Crippen LogP contribution in [0.3, 0.4) is 0 Å². The maximum Gasteiger partial charge on any atom is 0.262 e. The molecule has 2 N–H and O–H groups in total. The summed E-state index contributed by atoms with van der Waals surface area (Å²) in [5.41, 5.74) is 2.88. The summed E-state index contributed by atoms with van der Waals surface area (Å²) >= 11 is 0. The largest absolute Gasteiger partial charge is 0.316 e. The van der Waals surface area contributed by atoms with Crippen molar-refractivity contribution in [1.82, 2.24) is 15.5 Å². The molecule has 0 bridgehead atoms. The zero-order chi connectivity index (χ0) is 16.8. The molecule has 3 aliphatic heterocycles. The number of fused-ring (bicyclic) bond motifs is 2. The topological polar surface area (TPSA) is 95.6 Å². The summed E-state index contributed by atoms with van der Waals surface area (Å²) in [4.78, 5) is 49.8. The van der Waals surface area contributed by atoms with Gasteiger partial charge in [-0.15, -0.1) is 0 Å². The van der Waals surface area contributed by atoms with Gasteiger partial charge in [-0.2, -0.15) is 0 Å². The minimum Gasteiger partial charge on any atom is -0.316 e. The lowest BCUT2D eigenvalue weighted by atomic mass is 9.96. The van der Waals surface area contributed by atoms with E-state index in [2.05, 4.69) is 10.6 Å². The van der Waals surface area contributed by atoms with E-state index in [1.54, 1.807) is 12.1 Å². The summed E-state index contributed by atoms with van der Waals surface area (Å²) < 4.78 is 0. The standard InChI is InChI=1S/C17H17N3O4/c21-14-2-1-13(15(22)19-14)20-16(23)11-7-9-3-5-18-6-4-10(9)8-12(11)17(20)24/h7-8,13,18H,1-6H2,(H,19,21,22)/t13-/m1/s1. The lowest BCUT2D eigenvalue weighted by molar-refractivity contribution is -0.136. The van der Waals surface area contributed by atoms with E-state index in [9.17, 15) is 19.2 Å². The van der Waals surface area contributed by atoms with E-state index in [4.69, 9.17) is 0 Å². The SMILES string of the molecule is O=C1CC[C@@H](N2C(=O)c3cc4c(cc3C2=O)CCNCC4)C(=O)N1. The fourth-order valence-electron chi connectivity index (χ4n) is 3.64. The predicted molar refractivity (Wildman–Crippen MR) is 83.4 cm³/mol. The van der Waals surface area contributed by atoms with Crippen molar-refractivity contribution in [3.8, 4) is 0 Å². The molecule has 0 saturated carbocycles. The molecule has 4 rings (SSSR count). The van der Waals surface area contributed by atoms with Crippen LogP contribution in [-0.4, -0.2) is 47.7 Å². The monoisotopic (exact) mass is 327 g/mol. The van der Waals surface area contributed by atoms with Gasteiger partial charge in [0.25, 0.3) is 11.8 Å². The molecule has 1 fully saturated rings. The predicted octanol–water partition coefficient (Wildman–Crippen LogP) is -0.224. The van der Waals surface area contributed by atoms with Crippen LogP contribution in [0.4, 0.5) is 0 Å². The van der Waals surface area contributed by atoms with Crippen molar-refractivity contribution in [2.45, 2.75) is 31.7 Å². The van der Waals surface area contributed by atoms with Crippen LogP contribution in [-0.2, 0) is 22.4 Å². The molecule has 24 heavy (non-hydrogen) atoms. The van der Waals surface area contributed by atoms with E-state index in [0.717, 1.165) is 42.0 Å². The molecule has 0 aliphatic carbocycles. The van der Waals surface area contributed by atoms with E-state index in [1.165, 1.54) is 0 Å². The molecule has 1 aromatic carbocycles. The summed E-state index contributed by atoms with van der Waals surface area (Å²) in [7, 11) is 0. The van der Waals surface area contributed by atoms with Crippen molar-refractivity contribution in [2.75, 3.05) is 13.1 Å². The molecule has 1 aromatic rings. The van der Waals surface area contributed by atoms with Crippen molar-refractivity contribution in [3.63, 3.8) is 0 Å². The molecule has 0 aromatic heterocycles. The first-order valence-electron chi connectivity index (χ1n) is 8.14. The minimum atomic E-state index is -0.906. The highest BCUT2D eigenvalue weighted by Crippen LogP contribution is 2.30. The molecule has 7 heteroatoms. The van der Waals surface area contributed by atoms with Gasteiger partial charge in [0, 0.05) is 6.42 Å². The Balaban J connectivity index is 1.71. The van der Waals surface area contributed by atoms with Gasteiger partial charge in [-0.1, -0.05) is 0 Å². The lowest BCUT2D eigenvalue weighted by Crippen LogP contribution is -2.54. The summed E-state index contributed by atoms with van der Waals surface area (Å²) in [5.74, 6) is -1.83. The van der Waals surface area contributed by atoms with Crippen molar-refractivity contribution >= 4 is 23.6 Å². The molecular formula is C17H17N3O4. The average molecular weight is 327 g/mol. The van der Waals surface area contributed by atoms with Crippen molar-refractivity contribution < 1.29 is 19.2 Å². The maximum absolute atomic E-state index is 12.7. The van der Waals surface area contributed by atoms with Gasteiger partial charge < -0.3 is 5.32 Å². The van der Waals surface area contributed by atoms with E-state index in [1.807, 2.05) is 0 Å². The van der Waals surface area contributed by atoms with Gasteiger partial charge in [0.05, 0.1) is 11.1 Å². The number of carbonyl (C=O) groups is 4. The smallest absolute Gasteiger partial charge is 0.262 e. The van der Waals surface area contributed by atoms with Crippen molar-refractivity contribution in [1.29, 1.82) is 0 Å². The third-order valence-corrected chi connectivity index (χ3v) is 4.90. The van der Waals surface area contributed by atoms with E-state index >= 15 is 0 Å². The molecule has 124 valence electrons. The molecule has 4 amide bonds. The number of amides is 4. The Hall–Kier alpha value is -2.54. The Bertz CT molecular complexity index is 741. The molecule has 0 spiro atoms. The number of nitrogens with one attached hydrogen (secondary N) is 2. The van der Waals surface area contributed by atoms with Gasteiger partial charge in [0.2, 0.25) is 11.8 Å². The average Bonchev–Trinajstić information content (AvgIpc) is 2.72. The second kappa shape index (κ2) is 5.52.